The molecule has 34 heavy (non-hydrogen) atoms. The second kappa shape index (κ2) is 8.82. The van der Waals surface area contributed by atoms with Gasteiger partial charge in [0.2, 0.25) is 5.76 Å². The van der Waals surface area contributed by atoms with E-state index in [0.717, 1.165) is 34.4 Å². The molecule has 5 heteroatoms. The van der Waals surface area contributed by atoms with Crippen molar-refractivity contribution < 1.29 is 13.9 Å². The fraction of sp³-hybridized carbons (Fsp3) is 0.241. The average Bonchev–Trinajstić information content (AvgIpc) is 3.11. The molecule has 1 aliphatic heterocycles. The molecule has 0 radical (unpaired) electrons. The summed E-state index contributed by atoms with van der Waals surface area (Å²) in [6.07, 6.45) is 0.892. The fourth-order valence-electron chi connectivity index (χ4n) is 4.76. The van der Waals surface area contributed by atoms with Crippen LogP contribution in [0.4, 0.5) is 0 Å². The lowest BCUT2D eigenvalue weighted by Crippen LogP contribution is -2.29. The molecule has 0 aliphatic carbocycles. The first-order chi connectivity index (χ1) is 16.5. The quantitative estimate of drug-likeness (QED) is 0.362. The van der Waals surface area contributed by atoms with Crippen molar-refractivity contribution in [2.75, 3.05) is 6.61 Å². The van der Waals surface area contributed by atoms with Gasteiger partial charge in [-0.05, 0) is 60.7 Å². The SMILES string of the molecule is CCCOc1cccc(C2c3c(oc4c(C)cc(C)cc4c3=O)C(=O)N2Cc2ccccc2)c1. The van der Waals surface area contributed by atoms with Crippen molar-refractivity contribution in [2.45, 2.75) is 39.8 Å². The van der Waals surface area contributed by atoms with Gasteiger partial charge >= 0.3 is 0 Å². The topological polar surface area (TPSA) is 59.8 Å². The van der Waals surface area contributed by atoms with Crippen LogP contribution in [0, 0.1) is 13.8 Å². The number of fused-ring (bicyclic) bond motifs is 2. The van der Waals surface area contributed by atoms with Crippen molar-refractivity contribution in [3.8, 4) is 5.75 Å². The van der Waals surface area contributed by atoms with E-state index in [2.05, 4.69) is 6.92 Å². The fourth-order valence-corrected chi connectivity index (χ4v) is 4.76. The summed E-state index contributed by atoms with van der Waals surface area (Å²) in [6, 6.07) is 20.7. The van der Waals surface area contributed by atoms with E-state index in [-0.39, 0.29) is 17.1 Å². The van der Waals surface area contributed by atoms with Gasteiger partial charge in [0.25, 0.3) is 5.91 Å². The average molecular weight is 454 g/mol. The summed E-state index contributed by atoms with van der Waals surface area (Å²) >= 11 is 0. The minimum Gasteiger partial charge on any atom is -0.494 e. The normalized spacial score (nSPS) is 15.1. The van der Waals surface area contributed by atoms with Gasteiger partial charge in [-0.2, -0.15) is 0 Å². The smallest absolute Gasteiger partial charge is 0.291 e. The lowest BCUT2D eigenvalue weighted by atomic mass is 9.97. The van der Waals surface area contributed by atoms with Crippen LogP contribution >= 0.6 is 0 Å². The molecule has 0 saturated carbocycles. The molecule has 0 fully saturated rings. The van der Waals surface area contributed by atoms with Crippen molar-refractivity contribution in [1.82, 2.24) is 4.90 Å². The summed E-state index contributed by atoms with van der Waals surface area (Å²) in [4.78, 5) is 29.2. The molecule has 5 nitrogen and oxygen atoms in total. The molecule has 1 aliphatic rings. The van der Waals surface area contributed by atoms with E-state index >= 15 is 0 Å². The molecule has 1 amide bonds. The zero-order valence-electron chi connectivity index (χ0n) is 19.6. The van der Waals surface area contributed by atoms with E-state index in [4.69, 9.17) is 9.15 Å². The maximum Gasteiger partial charge on any atom is 0.291 e. The summed E-state index contributed by atoms with van der Waals surface area (Å²) in [5.74, 6) is 0.574. The first kappa shape index (κ1) is 22.0. The van der Waals surface area contributed by atoms with Crippen LogP contribution in [0.3, 0.4) is 0 Å². The molecular weight excluding hydrogens is 426 g/mol. The number of benzene rings is 3. The van der Waals surface area contributed by atoms with E-state index in [1.54, 1.807) is 4.90 Å². The van der Waals surface area contributed by atoms with Crippen molar-refractivity contribution in [1.29, 1.82) is 0 Å². The molecule has 3 aromatic carbocycles. The number of rotatable bonds is 6. The summed E-state index contributed by atoms with van der Waals surface area (Å²) in [7, 11) is 0. The lowest BCUT2D eigenvalue weighted by Gasteiger charge is -2.25. The number of amides is 1. The molecule has 1 unspecified atom stereocenters. The second-order valence-electron chi connectivity index (χ2n) is 8.87. The Balaban J connectivity index is 1.72. The van der Waals surface area contributed by atoms with Crippen LogP contribution in [0.2, 0.25) is 0 Å². The first-order valence-corrected chi connectivity index (χ1v) is 11.6. The Hall–Kier alpha value is -3.86. The number of hydrogen-bond donors (Lipinski definition) is 0. The van der Waals surface area contributed by atoms with Crippen molar-refractivity contribution in [3.05, 3.63) is 111 Å². The first-order valence-electron chi connectivity index (χ1n) is 11.6. The third-order valence-corrected chi connectivity index (χ3v) is 6.24. The number of carbonyl (C=O) groups is 1. The number of ether oxygens (including phenoxy) is 1. The standard InChI is InChI=1S/C29H27NO4/c1-4-13-33-22-12-8-11-21(16-22)25-24-26(31)23-15-18(2)14-19(3)27(23)34-28(24)29(32)30(25)17-20-9-6-5-7-10-20/h5-12,14-16,25H,4,13,17H2,1-3H3. The maximum atomic E-state index is 13.8. The van der Waals surface area contributed by atoms with Crippen LogP contribution in [0.25, 0.3) is 11.0 Å². The molecule has 0 N–H and O–H groups in total. The molecule has 4 aromatic rings. The Morgan fingerprint density at radius 1 is 0.971 bits per heavy atom. The summed E-state index contributed by atoms with van der Waals surface area (Å²) < 4.78 is 12.0. The van der Waals surface area contributed by atoms with E-state index in [1.165, 1.54) is 0 Å². The highest BCUT2D eigenvalue weighted by molar-refractivity contribution is 5.99. The van der Waals surface area contributed by atoms with Crippen molar-refractivity contribution in [2.24, 2.45) is 0 Å². The third-order valence-electron chi connectivity index (χ3n) is 6.24. The van der Waals surface area contributed by atoms with Crippen molar-refractivity contribution >= 4 is 16.9 Å². The van der Waals surface area contributed by atoms with Crippen LogP contribution in [0.15, 0.2) is 75.9 Å². The van der Waals surface area contributed by atoms with E-state index in [9.17, 15) is 9.59 Å². The van der Waals surface area contributed by atoms with Gasteiger partial charge in [0.05, 0.1) is 23.6 Å². The van der Waals surface area contributed by atoms with Gasteiger partial charge in [-0.15, -0.1) is 0 Å². The molecule has 172 valence electrons. The Morgan fingerprint density at radius 2 is 1.76 bits per heavy atom. The van der Waals surface area contributed by atoms with Crippen LogP contribution in [0.1, 0.15) is 57.8 Å². The van der Waals surface area contributed by atoms with Crippen LogP contribution in [0.5, 0.6) is 5.75 Å². The highest BCUT2D eigenvalue weighted by atomic mass is 16.5. The summed E-state index contributed by atoms with van der Waals surface area (Å²) in [5.41, 5.74) is 4.35. The third kappa shape index (κ3) is 3.77. The minimum atomic E-state index is -0.561. The monoisotopic (exact) mass is 453 g/mol. The van der Waals surface area contributed by atoms with Gasteiger partial charge < -0.3 is 14.1 Å². The van der Waals surface area contributed by atoms with E-state index in [0.29, 0.717) is 29.7 Å². The second-order valence-corrected chi connectivity index (χ2v) is 8.87. The Labute approximate surface area is 198 Å². The molecule has 0 saturated heterocycles. The predicted molar refractivity (Wildman–Crippen MR) is 132 cm³/mol. The molecule has 5 rings (SSSR count). The summed E-state index contributed by atoms with van der Waals surface area (Å²) in [5, 5.41) is 0.508. The van der Waals surface area contributed by atoms with Gasteiger partial charge in [-0.3, -0.25) is 9.59 Å². The molecule has 1 aromatic heterocycles. The Kier molecular flexibility index (Phi) is 5.70. The lowest BCUT2D eigenvalue weighted by molar-refractivity contribution is 0.0714. The Bertz CT molecular complexity index is 1440. The molecule has 1 atom stereocenters. The summed E-state index contributed by atoms with van der Waals surface area (Å²) in [6.45, 7) is 6.87. The van der Waals surface area contributed by atoms with Gasteiger partial charge in [0, 0.05) is 6.54 Å². The maximum absolute atomic E-state index is 13.8. The van der Waals surface area contributed by atoms with Crippen LogP contribution in [-0.2, 0) is 6.54 Å². The highest BCUT2D eigenvalue weighted by Crippen LogP contribution is 2.40. The number of nitrogens with zero attached hydrogens (tertiary/aromatic N) is 1. The van der Waals surface area contributed by atoms with Gasteiger partial charge in [-0.1, -0.05) is 55.5 Å². The molecule has 2 heterocycles. The van der Waals surface area contributed by atoms with Gasteiger partial charge in [0.1, 0.15) is 11.3 Å². The van der Waals surface area contributed by atoms with Crippen LogP contribution in [-0.4, -0.2) is 17.4 Å². The zero-order chi connectivity index (χ0) is 23.8. The van der Waals surface area contributed by atoms with Crippen LogP contribution < -0.4 is 10.2 Å². The number of aryl methyl sites for hydroxylation is 2. The highest BCUT2D eigenvalue weighted by Gasteiger charge is 2.43. The predicted octanol–water partition coefficient (Wildman–Crippen LogP) is 5.94. The van der Waals surface area contributed by atoms with E-state index in [1.807, 2.05) is 80.6 Å². The van der Waals surface area contributed by atoms with Gasteiger partial charge in [-0.25, -0.2) is 0 Å². The molecule has 0 spiro atoms. The largest absolute Gasteiger partial charge is 0.494 e. The molecular formula is C29H27NO4. The molecule has 0 bridgehead atoms. The van der Waals surface area contributed by atoms with Gasteiger partial charge in [0.15, 0.2) is 5.43 Å². The minimum absolute atomic E-state index is 0.130. The number of carbonyl (C=O) groups excluding carboxylic acids is 1. The van der Waals surface area contributed by atoms with Crippen molar-refractivity contribution in [3.63, 3.8) is 0 Å². The van der Waals surface area contributed by atoms with E-state index < -0.39 is 6.04 Å². The Morgan fingerprint density at radius 3 is 2.53 bits per heavy atom. The number of hydrogen-bond acceptors (Lipinski definition) is 4. The zero-order valence-corrected chi connectivity index (χ0v) is 19.6.